The van der Waals surface area contributed by atoms with E-state index in [9.17, 15) is 0 Å². The molecule has 1 aliphatic rings. The third-order valence-corrected chi connectivity index (χ3v) is 3.24. The number of aromatic nitrogens is 1. The van der Waals surface area contributed by atoms with E-state index in [0.717, 1.165) is 26.1 Å². The van der Waals surface area contributed by atoms with E-state index in [4.69, 9.17) is 0 Å². The van der Waals surface area contributed by atoms with E-state index < -0.39 is 0 Å². The molecule has 0 aliphatic heterocycles. The van der Waals surface area contributed by atoms with Gasteiger partial charge in [0.15, 0.2) is 0 Å². The average Bonchev–Trinajstić information content (AvgIpc) is 3.21. The molecule has 0 spiro atoms. The molecule has 0 amide bonds. The van der Waals surface area contributed by atoms with Crippen molar-refractivity contribution in [1.29, 1.82) is 0 Å². The van der Waals surface area contributed by atoms with Crippen LogP contribution in [0, 0.1) is 0 Å². The second kappa shape index (κ2) is 6.55. The number of hydrogen-bond acceptors (Lipinski definition) is 3. The maximum Gasteiger partial charge on any atom is 0.0448 e. The van der Waals surface area contributed by atoms with Crippen LogP contribution < -0.4 is 10.2 Å². The molecular weight excluding hydrogens is 222 g/mol. The van der Waals surface area contributed by atoms with Gasteiger partial charge >= 0.3 is 0 Å². The Kier molecular flexibility index (Phi) is 4.76. The number of hydrogen-bond donors (Lipinski definition) is 1. The van der Waals surface area contributed by atoms with Gasteiger partial charge in [0.05, 0.1) is 0 Å². The summed E-state index contributed by atoms with van der Waals surface area (Å²) in [4.78, 5) is 6.71. The van der Waals surface area contributed by atoms with Crippen LogP contribution >= 0.6 is 0 Å². The van der Waals surface area contributed by atoms with Gasteiger partial charge in [-0.15, -0.1) is 6.58 Å². The predicted molar refractivity (Wildman–Crippen MR) is 76.8 cm³/mol. The Morgan fingerprint density at radius 3 is 3.06 bits per heavy atom. The molecule has 18 heavy (non-hydrogen) atoms. The van der Waals surface area contributed by atoms with E-state index in [0.29, 0.717) is 6.04 Å². The van der Waals surface area contributed by atoms with E-state index in [1.807, 2.05) is 18.5 Å². The summed E-state index contributed by atoms with van der Waals surface area (Å²) in [7, 11) is 0. The van der Waals surface area contributed by atoms with Crippen molar-refractivity contribution < 1.29 is 0 Å². The zero-order chi connectivity index (χ0) is 12.8. The summed E-state index contributed by atoms with van der Waals surface area (Å²) in [6, 6.07) is 2.83. The highest BCUT2D eigenvalue weighted by molar-refractivity contribution is 5.54. The van der Waals surface area contributed by atoms with Crippen LogP contribution in [0.3, 0.4) is 0 Å². The fraction of sp³-hybridized carbons (Fsp3) is 0.533. The van der Waals surface area contributed by atoms with Crippen LogP contribution in [0.15, 0.2) is 31.1 Å². The highest BCUT2D eigenvalue weighted by Gasteiger charge is 2.29. The van der Waals surface area contributed by atoms with Gasteiger partial charge in [-0.3, -0.25) is 4.98 Å². The molecule has 1 N–H and O–H groups in total. The molecule has 1 aliphatic carbocycles. The van der Waals surface area contributed by atoms with Crippen LogP contribution in [-0.2, 0) is 6.54 Å². The van der Waals surface area contributed by atoms with Crippen molar-refractivity contribution in [1.82, 2.24) is 10.3 Å². The summed E-state index contributed by atoms with van der Waals surface area (Å²) in [5.41, 5.74) is 2.61. The highest BCUT2D eigenvalue weighted by atomic mass is 15.2. The molecule has 3 heteroatoms. The van der Waals surface area contributed by atoms with E-state index in [-0.39, 0.29) is 0 Å². The van der Waals surface area contributed by atoms with Crippen LogP contribution in [0.5, 0.6) is 0 Å². The van der Waals surface area contributed by atoms with Crippen molar-refractivity contribution in [2.45, 2.75) is 38.8 Å². The summed E-state index contributed by atoms with van der Waals surface area (Å²) >= 11 is 0. The van der Waals surface area contributed by atoms with Crippen LogP contribution in [0.4, 0.5) is 5.69 Å². The van der Waals surface area contributed by atoms with Crippen LogP contribution in [0.1, 0.15) is 31.7 Å². The van der Waals surface area contributed by atoms with E-state index in [2.05, 4.69) is 34.8 Å². The Bertz CT molecular complexity index is 385. The summed E-state index contributed by atoms with van der Waals surface area (Å²) in [6.07, 6.45) is 9.63. The van der Waals surface area contributed by atoms with Gasteiger partial charge in [-0.05, 0) is 31.9 Å². The van der Waals surface area contributed by atoms with Gasteiger partial charge < -0.3 is 10.2 Å². The molecule has 0 saturated heterocycles. The second-order valence-corrected chi connectivity index (χ2v) is 4.85. The monoisotopic (exact) mass is 245 g/mol. The molecular formula is C15H23N3. The molecule has 3 nitrogen and oxygen atoms in total. The second-order valence-electron chi connectivity index (χ2n) is 4.85. The molecule has 0 atom stereocenters. The Morgan fingerprint density at radius 2 is 2.39 bits per heavy atom. The maximum atomic E-state index is 4.25. The Labute approximate surface area is 110 Å². The van der Waals surface area contributed by atoms with Crippen LogP contribution in [-0.4, -0.2) is 24.1 Å². The summed E-state index contributed by atoms with van der Waals surface area (Å²) < 4.78 is 0. The minimum absolute atomic E-state index is 0.704. The fourth-order valence-corrected chi connectivity index (χ4v) is 2.21. The number of nitrogens with one attached hydrogen (secondary N) is 1. The Balaban J connectivity index is 2.11. The summed E-state index contributed by atoms with van der Waals surface area (Å²) in [6.45, 7) is 8.94. The highest BCUT2D eigenvalue weighted by Crippen LogP contribution is 2.33. The smallest absolute Gasteiger partial charge is 0.0448 e. The van der Waals surface area contributed by atoms with Gasteiger partial charge in [-0.1, -0.05) is 13.0 Å². The molecule has 1 heterocycles. The van der Waals surface area contributed by atoms with Gasteiger partial charge in [0, 0.05) is 42.8 Å². The Morgan fingerprint density at radius 1 is 1.56 bits per heavy atom. The van der Waals surface area contributed by atoms with Crippen molar-refractivity contribution in [3.8, 4) is 0 Å². The fourth-order valence-electron chi connectivity index (χ4n) is 2.21. The van der Waals surface area contributed by atoms with Gasteiger partial charge in [0.25, 0.3) is 0 Å². The first kappa shape index (κ1) is 13.1. The molecule has 0 aromatic carbocycles. The van der Waals surface area contributed by atoms with Gasteiger partial charge in [-0.2, -0.15) is 0 Å². The lowest BCUT2D eigenvalue weighted by Gasteiger charge is -2.25. The predicted octanol–water partition coefficient (Wildman–Crippen LogP) is 2.74. The summed E-state index contributed by atoms with van der Waals surface area (Å²) in [5.74, 6) is 0. The maximum absolute atomic E-state index is 4.25. The van der Waals surface area contributed by atoms with Gasteiger partial charge in [-0.25, -0.2) is 0 Å². The molecule has 98 valence electrons. The quantitative estimate of drug-likeness (QED) is 0.564. The molecule has 1 aromatic rings. The third kappa shape index (κ3) is 3.33. The SMILES string of the molecule is C=CCN(c1ccncc1CNCCC)C1CC1. The van der Waals surface area contributed by atoms with E-state index in [1.54, 1.807) is 0 Å². The minimum Gasteiger partial charge on any atom is -0.364 e. The van der Waals surface area contributed by atoms with E-state index >= 15 is 0 Å². The Hall–Kier alpha value is -1.35. The first-order valence-electron chi connectivity index (χ1n) is 6.88. The number of rotatable bonds is 8. The van der Waals surface area contributed by atoms with Crippen LogP contribution in [0.25, 0.3) is 0 Å². The van der Waals surface area contributed by atoms with Crippen molar-refractivity contribution >= 4 is 5.69 Å². The van der Waals surface area contributed by atoms with Crippen molar-refractivity contribution in [2.24, 2.45) is 0 Å². The zero-order valence-corrected chi connectivity index (χ0v) is 11.2. The lowest BCUT2D eigenvalue weighted by molar-refractivity contribution is 0.671. The number of pyridine rings is 1. The summed E-state index contributed by atoms with van der Waals surface area (Å²) in [5, 5.41) is 3.46. The largest absolute Gasteiger partial charge is 0.364 e. The number of anilines is 1. The van der Waals surface area contributed by atoms with Crippen LogP contribution in [0.2, 0.25) is 0 Å². The minimum atomic E-state index is 0.704. The third-order valence-electron chi connectivity index (χ3n) is 3.24. The standard InChI is InChI=1S/C15H23N3/c1-3-8-16-11-13-12-17-9-7-15(13)18(10-4-2)14-5-6-14/h4,7,9,12,14,16H,2-3,5-6,8,10-11H2,1H3. The molecule has 1 saturated carbocycles. The van der Waals surface area contributed by atoms with Crippen molar-refractivity contribution in [2.75, 3.05) is 18.0 Å². The lowest BCUT2D eigenvalue weighted by Crippen LogP contribution is -2.28. The molecule has 1 fully saturated rings. The topological polar surface area (TPSA) is 28.2 Å². The van der Waals surface area contributed by atoms with Gasteiger partial charge in [0.1, 0.15) is 0 Å². The first-order valence-corrected chi connectivity index (χ1v) is 6.88. The zero-order valence-electron chi connectivity index (χ0n) is 11.2. The average molecular weight is 245 g/mol. The normalized spacial score (nSPS) is 14.5. The lowest BCUT2D eigenvalue weighted by atomic mass is 10.2. The van der Waals surface area contributed by atoms with Gasteiger partial charge in [0.2, 0.25) is 0 Å². The molecule has 2 rings (SSSR count). The number of nitrogens with zero attached hydrogens (tertiary/aromatic N) is 2. The molecule has 1 aromatic heterocycles. The molecule has 0 bridgehead atoms. The van der Waals surface area contributed by atoms with Crippen molar-refractivity contribution in [3.63, 3.8) is 0 Å². The molecule has 0 radical (unpaired) electrons. The van der Waals surface area contributed by atoms with E-state index in [1.165, 1.54) is 24.1 Å². The first-order chi connectivity index (χ1) is 8.86. The van der Waals surface area contributed by atoms with Crippen molar-refractivity contribution in [3.05, 3.63) is 36.7 Å². The molecule has 0 unspecified atom stereocenters.